The zero-order valence-corrected chi connectivity index (χ0v) is 7.79. The second-order valence-corrected chi connectivity index (χ2v) is 3.04. The first-order valence-corrected chi connectivity index (χ1v) is 4.01. The van der Waals surface area contributed by atoms with E-state index in [1.807, 2.05) is 0 Å². The van der Waals surface area contributed by atoms with Crippen molar-refractivity contribution in [2.45, 2.75) is 30.7 Å². The average Bonchev–Trinajstić information content (AvgIpc) is 1.88. The van der Waals surface area contributed by atoms with Crippen LogP contribution in [0.15, 0.2) is 0 Å². The molecule has 0 heterocycles. The van der Waals surface area contributed by atoms with Crippen LogP contribution in [0.25, 0.3) is 0 Å². The van der Waals surface area contributed by atoms with Gasteiger partial charge in [-0.3, -0.25) is 0 Å². The molecular weight excluding hydrogens is 197 g/mol. The minimum Gasteiger partial charge on any atom is -0.374 e. The highest BCUT2D eigenvalue weighted by molar-refractivity contribution is 6.31. The minimum absolute atomic E-state index is 0.267. The van der Waals surface area contributed by atoms with Crippen molar-refractivity contribution in [1.82, 2.24) is 0 Å². The summed E-state index contributed by atoms with van der Waals surface area (Å²) in [4.78, 5) is 0. The molecule has 0 bridgehead atoms. The van der Waals surface area contributed by atoms with E-state index in [9.17, 15) is 8.78 Å². The van der Waals surface area contributed by atoms with Gasteiger partial charge in [0, 0.05) is 6.61 Å². The third kappa shape index (κ3) is 3.09. The van der Waals surface area contributed by atoms with Gasteiger partial charge in [0.2, 0.25) is 5.63 Å². The van der Waals surface area contributed by atoms with Gasteiger partial charge in [-0.2, -0.15) is 0 Å². The lowest BCUT2D eigenvalue weighted by Crippen LogP contribution is -2.38. The Hall–Kier alpha value is 0.400. The van der Waals surface area contributed by atoms with Crippen molar-refractivity contribution in [2.24, 2.45) is 0 Å². The van der Waals surface area contributed by atoms with Crippen molar-refractivity contribution in [2.75, 3.05) is 6.61 Å². The van der Waals surface area contributed by atoms with Crippen molar-refractivity contribution in [1.29, 1.82) is 0 Å². The van der Waals surface area contributed by atoms with E-state index in [2.05, 4.69) is 0 Å². The second-order valence-electron chi connectivity index (χ2n) is 2.07. The van der Waals surface area contributed by atoms with Gasteiger partial charge < -0.3 is 4.74 Å². The zero-order chi connectivity index (χ0) is 9.07. The summed E-state index contributed by atoms with van der Waals surface area (Å²) >= 11 is 9.95. The van der Waals surface area contributed by atoms with Crippen molar-refractivity contribution in [3.8, 4) is 0 Å². The van der Waals surface area contributed by atoms with Gasteiger partial charge in [-0.05, 0) is 13.8 Å². The van der Waals surface area contributed by atoms with Gasteiger partial charge in [0.25, 0.3) is 5.13 Å². The Morgan fingerprint density at radius 1 is 1.64 bits per heavy atom. The van der Waals surface area contributed by atoms with Crippen LogP contribution < -0.4 is 0 Å². The topological polar surface area (TPSA) is 9.23 Å². The highest BCUT2D eigenvalue weighted by Crippen LogP contribution is 2.32. The molecule has 0 aromatic carbocycles. The summed E-state index contributed by atoms with van der Waals surface area (Å²) in [6.07, 6.45) is -1.05. The fraction of sp³-hybridized carbons (Fsp3) is 1.00. The Kier molecular flexibility index (Phi) is 4.59. The third-order valence-electron chi connectivity index (χ3n) is 1.25. The first-order chi connectivity index (χ1) is 4.92. The minimum atomic E-state index is -2.64. The first-order valence-electron chi connectivity index (χ1n) is 3.20. The molecule has 0 aliphatic heterocycles. The molecule has 1 nitrogen and oxygen atoms in total. The van der Waals surface area contributed by atoms with Crippen LogP contribution in [0.2, 0.25) is 0 Å². The van der Waals surface area contributed by atoms with Crippen molar-refractivity contribution in [3.05, 3.63) is 0 Å². The summed E-state index contributed by atoms with van der Waals surface area (Å²) in [5.41, 5.74) is -2.26. The molecule has 0 N–H and O–H groups in total. The summed E-state index contributed by atoms with van der Waals surface area (Å²) in [5.74, 6) is 0. The maximum absolute atomic E-state index is 12.9. The van der Waals surface area contributed by atoms with Gasteiger partial charge in [0.15, 0.2) is 0 Å². The molecule has 0 saturated heterocycles. The average molecular weight is 207 g/mol. The highest BCUT2D eigenvalue weighted by atomic mass is 35.5. The number of rotatable bonds is 4. The number of halogens is 4. The molecule has 5 heteroatoms. The highest BCUT2D eigenvalue weighted by Gasteiger charge is 2.42. The SMILES string of the molecule is CCOC(C)C(F)(Cl)C(F)Cl. The van der Waals surface area contributed by atoms with Gasteiger partial charge in [-0.25, -0.2) is 8.78 Å². The summed E-state index contributed by atoms with van der Waals surface area (Å²) in [5, 5.41) is -2.64. The fourth-order valence-corrected chi connectivity index (χ4v) is 0.779. The van der Waals surface area contributed by atoms with Crippen LogP contribution in [0, 0.1) is 0 Å². The molecule has 3 atom stereocenters. The smallest absolute Gasteiger partial charge is 0.253 e. The molecule has 0 aromatic rings. The molecule has 0 aliphatic rings. The van der Waals surface area contributed by atoms with Gasteiger partial charge in [0.1, 0.15) is 6.10 Å². The normalized spacial score (nSPS) is 22.4. The largest absolute Gasteiger partial charge is 0.374 e. The van der Waals surface area contributed by atoms with Crippen LogP contribution in [0.4, 0.5) is 8.78 Å². The molecule has 0 spiro atoms. The van der Waals surface area contributed by atoms with Crippen LogP contribution in [0.5, 0.6) is 0 Å². The number of alkyl halides is 4. The predicted octanol–water partition coefficient (Wildman–Crippen LogP) is 2.85. The molecule has 0 aromatic heterocycles. The molecule has 0 fully saturated rings. The number of hydrogen-bond acceptors (Lipinski definition) is 1. The van der Waals surface area contributed by atoms with E-state index in [-0.39, 0.29) is 6.61 Å². The van der Waals surface area contributed by atoms with Crippen LogP contribution in [-0.4, -0.2) is 23.5 Å². The van der Waals surface area contributed by atoms with E-state index in [0.717, 1.165) is 0 Å². The van der Waals surface area contributed by atoms with Crippen LogP contribution in [0.3, 0.4) is 0 Å². The Bertz CT molecular complexity index is 119. The summed E-state index contributed by atoms with van der Waals surface area (Å²) in [6.45, 7) is 3.25. The van der Waals surface area contributed by atoms with Gasteiger partial charge in [-0.15, -0.1) is 0 Å². The molecule has 0 radical (unpaired) electrons. The van der Waals surface area contributed by atoms with Crippen molar-refractivity contribution < 1.29 is 13.5 Å². The number of hydrogen-bond donors (Lipinski definition) is 0. The maximum Gasteiger partial charge on any atom is 0.253 e. The Labute approximate surface area is 74.6 Å². The second kappa shape index (κ2) is 4.43. The molecule has 0 saturated carbocycles. The van der Waals surface area contributed by atoms with E-state index in [4.69, 9.17) is 27.9 Å². The van der Waals surface area contributed by atoms with Gasteiger partial charge in [0.05, 0.1) is 0 Å². The zero-order valence-electron chi connectivity index (χ0n) is 6.28. The summed E-state index contributed by atoms with van der Waals surface area (Å²) < 4.78 is 29.9. The lowest BCUT2D eigenvalue weighted by atomic mass is 10.2. The molecule has 0 aliphatic carbocycles. The van der Waals surface area contributed by atoms with Crippen LogP contribution in [-0.2, 0) is 4.74 Å². The Morgan fingerprint density at radius 2 is 2.09 bits per heavy atom. The van der Waals surface area contributed by atoms with Crippen molar-refractivity contribution >= 4 is 23.2 Å². The summed E-state index contributed by atoms with van der Waals surface area (Å²) in [7, 11) is 0. The van der Waals surface area contributed by atoms with E-state index in [0.29, 0.717) is 0 Å². The van der Waals surface area contributed by atoms with E-state index >= 15 is 0 Å². The molecule has 0 rings (SSSR count). The Balaban J connectivity index is 4.05. The van der Waals surface area contributed by atoms with E-state index in [1.54, 1.807) is 6.92 Å². The quantitative estimate of drug-likeness (QED) is 0.644. The molecular formula is C6H10Cl2F2O. The fourth-order valence-electron chi connectivity index (χ4n) is 0.539. The third-order valence-corrected chi connectivity index (χ3v) is 2.18. The standard InChI is InChI=1S/C6H10Cl2F2O/c1-3-11-4(2)6(8,10)5(7)9/h4-5H,3H2,1-2H3. The maximum atomic E-state index is 12.9. The van der Waals surface area contributed by atoms with Crippen molar-refractivity contribution in [3.63, 3.8) is 0 Å². The number of ether oxygens (including phenoxy) is 1. The molecule has 3 unspecified atom stereocenters. The van der Waals surface area contributed by atoms with E-state index in [1.165, 1.54) is 6.92 Å². The first kappa shape index (κ1) is 11.4. The monoisotopic (exact) mass is 206 g/mol. The molecule has 68 valence electrons. The molecule has 0 amide bonds. The lowest BCUT2D eigenvalue weighted by Gasteiger charge is -2.24. The lowest BCUT2D eigenvalue weighted by molar-refractivity contribution is -0.0213. The van der Waals surface area contributed by atoms with Crippen LogP contribution in [0.1, 0.15) is 13.8 Å². The van der Waals surface area contributed by atoms with Gasteiger partial charge >= 0.3 is 0 Å². The van der Waals surface area contributed by atoms with Gasteiger partial charge in [-0.1, -0.05) is 23.2 Å². The Morgan fingerprint density at radius 3 is 2.36 bits per heavy atom. The summed E-state index contributed by atoms with van der Waals surface area (Å²) in [6, 6.07) is 0. The molecule has 11 heavy (non-hydrogen) atoms. The predicted molar refractivity (Wildman–Crippen MR) is 41.5 cm³/mol. The van der Waals surface area contributed by atoms with Crippen LogP contribution >= 0.6 is 23.2 Å². The van der Waals surface area contributed by atoms with E-state index < -0.39 is 16.9 Å².